The maximum atomic E-state index is 14.7. The lowest BCUT2D eigenvalue weighted by Crippen LogP contribution is -2.13. The van der Waals surface area contributed by atoms with Crippen LogP contribution in [0.4, 0.5) is 10.2 Å². The average Bonchev–Trinajstić information content (AvgIpc) is 3.56. The summed E-state index contributed by atoms with van der Waals surface area (Å²) in [5.74, 6) is -0.293. The number of halogens is 1. The van der Waals surface area contributed by atoms with E-state index in [9.17, 15) is 19.2 Å². The van der Waals surface area contributed by atoms with Gasteiger partial charge in [0.15, 0.2) is 4.88 Å². The zero-order valence-electron chi connectivity index (χ0n) is 22.7. The van der Waals surface area contributed by atoms with Gasteiger partial charge in [-0.1, -0.05) is 6.92 Å². The van der Waals surface area contributed by atoms with Crippen LogP contribution in [0.15, 0.2) is 36.7 Å². The lowest BCUT2D eigenvalue weighted by Gasteiger charge is -2.11. The number of thiophene rings is 1. The Morgan fingerprint density at radius 1 is 1.15 bits per heavy atom. The number of aromatic nitrogens is 3. The zero-order chi connectivity index (χ0) is 29.4. The van der Waals surface area contributed by atoms with Crippen LogP contribution in [0.5, 0.6) is 11.5 Å². The maximum absolute atomic E-state index is 14.7. The first-order valence-corrected chi connectivity index (χ1v) is 13.6. The molecule has 4 aromatic rings. The molecule has 0 amide bonds. The SMILES string of the molecule is CCCC(=O)OCOC(=O)c1sc(-c2cc(NCCn3c(C#N)cc4c(OC)ccc(F)c43)ncn2)cc1OCC. The second-order valence-corrected chi connectivity index (χ2v) is 9.63. The molecule has 13 heteroatoms. The summed E-state index contributed by atoms with van der Waals surface area (Å²) in [5, 5.41) is 13.3. The molecule has 41 heavy (non-hydrogen) atoms. The maximum Gasteiger partial charge on any atom is 0.355 e. The van der Waals surface area contributed by atoms with Gasteiger partial charge in [-0.3, -0.25) is 4.79 Å². The summed E-state index contributed by atoms with van der Waals surface area (Å²) in [6.45, 7) is 4.08. The Morgan fingerprint density at radius 2 is 1.98 bits per heavy atom. The molecule has 1 aromatic carbocycles. The van der Waals surface area contributed by atoms with Crippen LogP contribution in [0.3, 0.4) is 0 Å². The van der Waals surface area contributed by atoms with Crippen LogP contribution in [0.25, 0.3) is 21.5 Å². The van der Waals surface area contributed by atoms with E-state index in [4.69, 9.17) is 18.9 Å². The number of anilines is 1. The third-order valence-corrected chi connectivity index (χ3v) is 7.03. The van der Waals surface area contributed by atoms with Crippen LogP contribution in [-0.2, 0) is 20.8 Å². The fourth-order valence-corrected chi connectivity index (χ4v) is 5.06. The Bertz CT molecular complexity index is 1590. The van der Waals surface area contributed by atoms with Crippen molar-refractivity contribution < 1.29 is 32.9 Å². The van der Waals surface area contributed by atoms with Gasteiger partial charge >= 0.3 is 11.9 Å². The highest BCUT2D eigenvalue weighted by Crippen LogP contribution is 2.36. The molecule has 0 aliphatic rings. The number of hydrogen-bond acceptors (Lipinski definition) is 11. The molecule has 0 aliphatic heterocycles. The van der Waals surface area contributed by atoms with Crippen molar-refractivity contribution in [1.29, 1.82) is 5.26 Å². The Balaban J connectivity index is 1.48. The molecule has 0 atom stereocenters. The summed E-state index contributed by atoms with van der Waals surface area (Å²) in [7, 11) is 1.49. The molecule has 0 saturated heterocycles. The van der Waals surface area contributed by atoms with Gasteiger partial charge < -0.3 is 28.8 Å². The number of methoxy groups -OCH3 is 1. The Morgan fingerprint density at radius 3 is 2.71 bits per heavy atom. The van der Waals surface area contributed by atoms with E-state index in [2.05, 4.69) is 21.4 Å². The van der Waals surface area contributed by atoms with Crippen LogP contribution in [0.2, 0.25) is 0 Å². The number of nitrogens with one attached hydrogen (secondary N) is 1. The van der Waals surface area contributed by atoms with Crippen LogP contribution >= 0.6 is 11.3 Å². The minimum Gasteiger partial charge on any atom is -0.496 e. The summed E-state index contributed by atoms with van der Waals surface area (Å²) < 4.78 is 37.2. The lowest BCUT2D eigenvalue weighted by atomic mass is 10.2. The van der Waals surface area contributed by atoms with E-state index in [0.29, 0.717) is 58.5 Å². The number of esters is 2. The van der Waals surface area contributed by atoms with E-state index < -0.39 is 24.5 Å². The molecule has 0 bridgehead atoms. The standard InChI is InChI=1S/C28H28FN5O6S/c1-4-6-25(35)39-16-40-28(36)27-22(38-5-2)13-23(41-27)20-12-24(33-15-32-20)31-9-10-34-17(14-30)11-18-21(37-3)8-7-19(29)26(18)34/h7-8,11-13,15H,4-6,9-10,16H2,1-3H3,(H,31,32,33). The van der Waals surface area contributed by atoms with Gasteiger partial charge in [0.25, 0.3) is 0 Å². The molecular formula is C28H28FN5O6S. The van der Waals surface area contributed by atoms with E-state index in [0.717, 1.165) is 11.3 Å². The Kier molecular flexibility index (Phi) is 9.70. The molecular weight excluding hydrogens is 553 g/mol. The van der Waals surface area contributed by atoms with Crippen LogP contribution in [0, 0.1) is 17.1 Å². The first-order chi connectivity index (χ1) is 19.9. The molecule has 4 rings (SSSR count). The van der Waals surface area contributed by atoms with Gasteiger partial charge in [0.1, 0.15) is 41.2 Å². The zero-order valence-corrected chi connectivity index (χ0v) is 23.5. The van der Waals surface area contributed by atoms with E-state index in [1.807, 2.05) is 6.92 Å². The quantitative estimate of drug-likeness (QED) is 0.167. The van der Waals surface area contributed by atoms with Crippen molar-refractivity contribution in [3.8, 4) is 28.1 Å². The van der Waals surface area contributed by atoms with E-state index in [-0.39, 0.29) is 23.4 Å². The molecule has 11 nitrogen and oxygen atoms in total. The molecule has 3 heterocycles. The van der Waals surface area contributed by atoms with E-state index >= 15 is 0 Å². The molecule has 1 N–H and O–H groups in total. The molecule has 214 valence electrons. The van der Waals surface area contributed by atoms with Crippen molar-refractivity contribution in [2.75, 3.05) is 32.4 Å². The predicted octanol–water partition coefficient (Wildman–Crippen LogP) is 5.15. The minimum absolute atomic E-state index is 0.211. The lowest BCUT2D eigenvalue weighted by molar-refractivity contribution is -0.152. The van der Waals surface area contributed by atoms with Gasteiger partial charge in [0.2, 0.25) is 6.79 Å². The second-order valence-electron chi connectivity index (χ2n) is 8.57. The normalized spacial score (nSPS) is 10.7. The van der Waals surface area contributed by atoms with Gasteiger partial charge in [-0.2, -0.15) is 5.26 Å². The minimum atomic E-state index is -0.683. The summed E-state index contributed by atoms with van der Waals surface area (Å²) in [6, 6.07) is 9.93. The number of carbonyl (C=O) groups is 2. The highest BCUT2D eigenvalue weighted by molar-refractivity contribution is 7.17. The first kappa shape index (κ1) is 29.3. The van der Waals surface area contributed by atoms with Crippen molar-refractivity contribution in [1.82, 2.24) is 14.5 Å². The summed E-state index contributed by atoms with van der Waals surface area (Å²) >= 11 is 1.12. The van der Waals surface area contributed by atoms with Crippen LogP contribution in [-0.4, -0.2) is 53.5 Å². The van der Waals surface area contributed by atoms with Crippen molar-refractivity contribution in [2.24, 2.45) is 0 Å². The number of rotatable bonds is 13. The monoisotopic (exact) mass is 581 g/mol. The van der Waals surface area contributed by atoms with Gasteiger partial charge in [0, 0.05) is 37.0 Å². The summed E-state index contributed by atoms with van der Waals surface area (Å²) in [4.78, 5) is 33.6. The Hall–Kier alpha value is -4.70. The summed E-state index contributed by atoms with van der Waals surface area (Å²) in [6.07, 6.45) is 2.24. The van der Waals surface area contributed by atoms with Gasteiger partial charge in [-0.25, -0.2) is 19.2 Å². The summed E-state index contributed by atoms with van der Waals surface area (Å²) in [5.41, 5.74) is 1.12. The van der Waals surface area contributed by atoms with Crippen molar-refractivity contribution >= 4 is 40.0 Å². The highest BCUT2D eigenvalue weighted by atomic mass is 32.1. The number of hydrogen-bond donors (Lipinski definition) is 1. The van der Waals surface area contributed by atoms with Crippen molar-refractivity contribution in [3.05, 3.63) is 53.0 Å². The number of benzene rings is 1. The smallest absolute Gasteiger partial charge is 0.355 e. The molecule has 0 radical (unpaired) electrons. The number of nitrogens with zero attached hydrogens (tertiary/aromatic N) is 4. The van der Waals surface area contributed by atoms with Gasteiger partial charge in [-0.15, -0.1) is 11.3 Å². The number of carbonyl (C=O) groups excluding carboxylic acids is 2. The molecule has 0 aliphatic carbocycles. The van der Waals surface area contributed by atoms with E-state index in [1.165, 1.54) is 25.6 Å². The molecule has 3 aromatic heterocycles. The Labute approximate surface area is 239 Å². The third kappa shape index (κ3) is 6.72. The first-order valence-electron chi connectivity index (χ1n) is 12.8. The second kappa shape index (κ2) is 13.6. The van der Waals surface area contributed by atoms with Crippen LogP contribution in [0.1, 0.15) is 42.1 Å². The van der Waals surface area contributed by atoms with Crippen molar-refractivity contribution in [3.63, 3.8) is 0 Å². The number of fused-ring (bicyclic) bond motifs is 1. The topological polar surface area (TPSA) is 138 Å². The molecule has 0 unspecified atom stereocenters. The number of nitriles is 1. The third-order valence-electron chi connectivity index (χ3n) is 5.91. The van der Waals surface area contributed by atoms with E-state index in [1.54, 1.807) is 29.7 Å². The van der Waals surface area contributed by atoms with Crippen molar-refractivity contribution in [2.45, 2.75) is 33.2 Å². The largest absolute Gasteiger partial charge is 0.496 e. The fraction of sp³-hybridized carbons (Fsp3) is 0.321. The predicted molar refractivity (Wildman–Crippen MR) is 149 cm³/mol. The van der Waals surface area contributed by atoms with Gasteiger partial charge in [0.05, 0.1) is 29.8 Å². The molecule has 0 spiro atoms. The number of ether oxygens (including phenoxy) is 4. The average molecular weight is 582 g/mol. The van der Waals surface area contributed by atoms with Gasteiger partial charge in [-0.05, 0) is 31.5 Å². The highest BCUT2D eigenvalue weighted by Gasteiger charge is 2.21. The van der Waals surface area contributed by atoms with Crippen LogP contribution < -0.4 is 14.8 Å². The fourth-order valence-electron chi connectivity index (χ4n) is 4.10. The molecule has 0 saturated carbocycles. The molecule has 0 fully saturated rings.